The minimum Gasteiger partial charge on any atom is -0.467 e. The van der Waals surface area contributed by atoms with Crippen LogP contribution in [0.2, 0.25) is 0 Å². The fourth-order valence-electron chi connectivity index (χ4n) is 2.21. The van der Waals surface area contributed by atoms with Crippen LogP contribution in [-0.2, 0) is 19.1 Å². The number of thiazole rings is 1. The van der Waals surface area contributed by atoms with Gasteiger partial charge >= 0.3 is 11.9 Å². The summed E-state index contributed by atoms with van der Waals surface area (Å²) in [5.41, 5.74) is 2.83. The highest BCUT2D eigenvalue weighted by molar-refractivity contribution is 7.16. The Morgan fingerprint density at radius 1 is 1.32 bits per heavy atom. The van der Waals surface area contributed by atoms with Crippen molar-refractivity contribution in [1.29, 1.82) is 0 Å². The molecule has 0 aliphatic rings. The molecule has 1 aromatic carbocycles. The van der Waals surface area contributed by atoms with Gasteiger partial charge in [-0.2, -0.15) is 0 Å². The van der Waals surface area contributed by atoms with Gasteiger partial charge in [0.05, 0.1) is 28.4 Å². The molecule has 0 saturated heterocycles. The van der Waals surface area contributed by atoms with Gasteiger partial charge in [-0.15, -0.1) is 11.3 Å². The highest BCUT2D eigenvalue weighted by Crippen LogP contribution is 2.19. The van der Waals surface area contributed by atoms with Gasteiger partial charge in [0.2, 0.25) is 0 Å². The van der Waals surface area contributed by atoms with E-state index in [0.29, 0.717) is 12.0 Å². The van der Waals surface area contributed by atoms with E-state index in [-0.39, 0.29) is 5.92 Å². The number of nitrogens with one attached hydrogen (secondary N) is 1. The second kappa shape index (κ2) is 8.57. The Balaban J connectivity index is 1.93. The summed E-state index contributed by atoms with van der Waals surface area (Å²) in [6.45, 7) is 3.27. The van der Waals surface area contributed by atoms with Crippen molar-refractivity contribution >= 4 is 39.4 Å². The third kappa shape index (κ3) is 4.76. The van der Waals surface area contributed by atoms with Crippen LogP contribution in [-0.4, -0.2) is 42.6 Å². The second-order valence-electron chi connectivity index (χ2n) is 5.56. The van der Waals surface area contributed by atoms with E-state index >= 15 is 0 Å². The van der Waals surface area contributed by atoms with Gasteiger partial charge in [-0.3, -0.25) is 4.79 Å². The van der Waals surface area contributed by atoms with Gasteiger partial charge < -0.3 is 14.8 Å². The number of hydrogen-bond donors (Lipinski definition) is 1. The average Bonchev–Trinajstić information content (AvgIpc) is 3.10. The largest absolute Gasteiger partial charge is 0.467 e. The number of hydrogen-bond acceptors (Lipinski definition) is 7. The van der Waals surface area contributed by atoms with Crippen molar-refractivity contribution in [1.82, 2.24) is 10.3 Å². The van der Waals surface area contributed by atoms with Crippen LogP contribution < -0.4 is 5.32 Å². The van der Waals surface area contributed by atoms with Crippen molar-refractivity contribution in [3.8, 4) is 0 Å². The van der Waals surface area contributed by atoms with E-state index in [1.165, 1.54) is 18.4 Å². The summed E-state index contributed by atoms with van der Waals surface area (Å²) in [7, 11) is 1.26. The number of methoxy groups -OCH3 is 1. The lowest BCUT2D eigenvalue weighted by Crippen LogP contribution is -2.47. The molecule has 2 rings (SSSR count). The van der Waals surface area contributed by atoms with E-state index < -0.39 is 30.5 Å². The van der Waals surface area contributed by atoms with Crippen LogP contribution in [0.15, 0.2) is 23.7 Å². The Bertz CT molecular complexity index is 773. The van der Waals surface area contributed by atoms with Crippen molar-refractivity contribution < 1.29 is 23.9 Å². The number of rotatable bonds is 7. The molecule has 0 aliphatic carbocycles. The minimum absolute atomic E-state index is 0.0964. The lowest BCUT2D eigenvalue weighted by atomic mass is 9.99. The summed E-state index contributed by atoms with van der Waals surface area (Å²) >= 11 is 1.41. The standard InChI is InChI=1S/C17H20N2O5S/c1-4-10(2)15(17(22)23-3)19-14(20)8-24-16(21)11-5-6-12-13(7-11)25-9-18-12/h5-7,9-10,15H,4,8H2,1-3H3,(H,19,20)/t10-,15+/m1/s1. The number of carbonyl (C=O) groups is 3. The quantitative estimate of drug-likeness (QED) is 0.757. The first-order chi connectivity index (χ1) is 12.0. The van der Waals surface area contributed by atoms with E-state index in [2.05, 4.69) is 10.3 Å². The summed E-state index contributed by atoms with van der Waals surface area (Å²) < 4.78 is 10.6. The second-order valence-corrected chi connectivity index (χ2v) is 6.45. The monoisotopic (exact) mass is 364 g/mol. The summed E-state index contributed by atoms with van der Waals surface area (Å²) in [6, 6.07) is 4.22. The normalized spacial score (nSPS) is 13.1. The van der Waals surface area contributed by atoms with Crippen molar-refractivity contribution in [2.45, 2.75) is 26.3 Å². The molecule has 1 heterocycles. The zero-order valence-electron chi connectivity index (χ0n) is 14.3. The van der Waals surface area contributed by atoms with E-state index in [9.17, 15) is 14.4 Å². The van der Waals surface area contributed by atoms with Gasteiger partial charge in [-0.25, -0.2) is 14.6 Å². The molecule has 25 heavy (non-hydrogen) atoms. The molecule has 2 aromatic rings. The first-order valence-corrected chi connectivity index (χ1v) is 8.71. The Hall–Kier alpha value is -2.48. The van der Waals surface area contributed by atoms with Crippen molar-refractivity contribution in [2.24, 2.45) is 5.92 Å². The maximum atomic E-state index is 12.1. The Labute approximate surface area is 149 Å². The SMILES string of the molecule is CC[C@@H](C)[C@H](NC(=O)COC(=O)c1ccc2ncsc2c1)C(=O)OC. The summed E-state index contributed by atoms with van der Waals surface area (Å²) in [5, 5.41) is 2.55. The van der Waals surface area contributed by atoms with Crippen LogP contribution >= 0.6 is 11.3 Å². The van der Waals surface area contributed by atoms with E-state index in [4.69, 9.17) is 9.47 Å². The third-order valence-electron chi connectivity index (χ3n) is 3.89. The minimum atomic E-state index is -0.769. The van der Waals surface area contributed by atoms with Gasteiger partial charge in [0.15, 0.2) is 6.61 Å². The fraction of sp³-hybridized carbons (Fsp3) is 0.412. The molecule has 0 spiro atoms. The van der Waals surface area contributed by atoms with Crippen LogP contribution in [0, 0.1) is 5.92 Å². The summed E-state index contributed by atoms with van der Waals surface area (Å²) in [4.78, 5) is 40.0. The lowest BCUT2D eigenvalue weighted by Gasteiger charge is -2.21. The summed E-state index contributed by atoms with van der Waals surface area (Å²) in [6.07, 6.45) is 0.689. The molecule has 8 heteroatoms. The molecule has 0 aliphatic heterocycles. The topological polar surface area (TPSA) is 94.6 Å². The number of ether oxygens (including phenoxy) is 2. The molecular formula is C17H20N2O5S. The van der Waals surface area contributed by atoms with Crippen molar-refractivity contribution in [3.05, 3.63) is 29.3 Å². The predicted octanol–water partition coefficient (Wildman–Crippen LogP) is 2.16. The number of fused-ring (bicyclic) bond motifs is 1. The molecule has 0 radical (unpaired) electrons. The molecular weight excluding hydrogens is 344 g/mol. The van der Waals surface area contributed by atoms with Crippen LogP contribution in [0.5, 0.6) is 0 Å². The van der Waals surface area contributed by atoms with E-state index in [1.54, 1.807) is 23.7 Å². The highest BCUT2D eigenvalue weighted by atomic mass is 32.1. The smallest absolute Gasteiger partial charge is 0.338 e. The fourth-order valence-corrected chi connectivity index (χ4v) is 2.92. The molecule has 1 N–H and O–H groups in total. The molecule has 134 valence electrons. The Kier molecular flexibility index (Phi) is 6.46. The van der Waals surface area contributed by atoms with Crippen LogP contribution in [0.25, 0.3) is 10.2 Å². The molecule has 1 aromatic heterocycles. The highest BCUT2D eigenvalue weighted by Gasteiger charge is 2.27. The molecule has 0 bridgehead atoms. The number of amides is 1. The molecule has 0 fully saturated rings. The lowest BCUT2D eigenvalue weighted by molar-refractivity contribution is -0.147. The molecule has 2 atom stereocenters. The van der Waals surface area contributed by atoms with Gasteiger partial charge in [-0.05, 0) is 24.1 Å². The third-order valence-corrected chi connectivity index (χ3v) is 4.68. The van der Waals surface area contributed by atoms with Crippen LogP contribution in [0.3, 0.4) is 0 Å². The number of esters is 2. The Morgan fingerprint density at radius 3 is 2.76 bits per heavy atom. The predicted molar refractivity (Wildman–Crippen MR) is 93.3 cm³/mol. The average molecular weight is 364 g/mol. The number of aromatic nitrogens is 1. The molecule has 1 amide bonds. The molecule has 0 saturated carbocycles. The van der Waals surface area contributed by atoms with Gasteiger partial charge in [0.25, 0.3) is 5.91 Å². The molecule has 7 nitrogen and oxygen atoms in total. The zero-order valence-corrected chi connectivity index (χ0v) is 15.1. The van der Waals surface area contributed by atoms with Crippen molar-refractivity contribution in [3.63, 3.8) is 0 Å². The number of benzene rings is 1. The number of carbonyl (C=O) groups excluding carboxylic acids is 3. The van der Waals surface area contributed by atoms with Crippen molar-refractivity contribution in [2.75, 3.05) is 13.7 Å². The van der Waals surface area contributed by atoms with E-state index in [0.717, 1.165) is 10.2 Å². The number of nitrogens with zero attached hydrogens (tertiary/aromatic N) is 1. The van der Waals surface area contributed by atoms with Gasteiger partial charge in [-0.1, -0.05) is 20.3 Å². The maximum absolute atomic E-state index is 12.1. The Morgan fingerprint density at radius 2 is 2.08 bits per heavy atom. The van der Waals surface area contributed by atoms with E-state index in [1.807, 2.05) is 13.8 Å². The van der Waals surface area contributed by atoms with Crippen LogP contribution in [0.4, 0.5) is 0 Å². The summed E-state index contributed by atoms with van der Waals surface area (Å²) in [5.74, 6) is -1.78. The first-order valence-electron chi connectivity index (χ1n) is 7.83. The van der Waals surface area contributed by atoms with Gasteiger partial charge in [0.1, 0.15) is 6.04 Å². The molecule has 0 unspecified atom stereocenters. The van der Waals surface area contributed by atoms with Crippen LogP contribution in [0.1, 0.15) is 30.6 Å². The van der Waals surface area contributed by atoms with Gasteiger partial charge in [0, 0.05) is 0 Å². The zero-order chi connectivity index (χ0) is 18.4. The first kappa shape index (κ1) is 18.9. The maximum Gasteiger partial charge on any atom is 0.338 e.